The van der Waals surface area contributed by atoms with Crippen molar-refractivity contribution in [2.75, 3.05) is 30.1 Å². The standard InChI is InChI=1S/C22H24N2O6S3/c1-3-33(28,29)17-8-6-15(7-9-17)21(25)24(14-16-5-4-12-30-16)22-23-19-11-10-18(32(2,26)27)13-20(19)31-22/h6-11,13,16H,3-5,12,14H2,1-2H3. The number of aromatic nitrogens is 1. The Morgan fingerprint density at radius 1 is 1.12 bits per heavy atom. The van der Waals surface area contributed by atoms with Crippen LogP contribution in [0.1, 0.15) is 30.1 Å². The summed E-state index contributed by atoms with van der Waals surface area (Å²) in [5.74, 6) is -0.347. The van der Waals surface area contributed by atoms with Crippen LogP contribution in [0, 0.1) is 0 Å². The summed E-state index contributed by atoms with van der Waals surface area (Å²) in [5, 5.41) is 0.432. The van der Waals surface area contributed by atoms with Crippen LogP contribution in [0.5, 0.6) is 0 Å². The Balaban J connectivity index is 1.71. The largest absolute Gasteiger partial charge is 0.376 e. The van der Waals surface area contributed by atoms with Gasteiger partial charge in [0.25, 0.3) is 5.91 Å². The summed E-state index contributed by atoms with van der Waals surface area (Å²) in [5.41, 5.74) is 0.927. The van der Waals surface area contributed by atoms with Gasteiger partial charge in [-0.25, -0.2) is 21.8 Å². The van der Waals surface area contributed by atoms with Crippen molar-refractivity contribution in [2.45, 2.75) is 35.7 Å². The lowest BCUT2D eigenvalue weighted by molar-refractivity contribution is 0.0917. The van der Waals surface area contributed by atoms with Crippen LogP contribution in [-0.2, 0) is 24.4 Å². The van der Waals surface area contributed by atoms with Crippen molar-refractivity contribution in [1.29, 1.82) is 0 Å². The Hall–Kier alpha value is -2.34. The molecule has 1 aliphatic heterocycles. The maximum Gasteiger partial charge on any atom is 0.260 e. The molecule has 1 saturated heterocycles. The molecule has 176 valence electrons. The molecule has 2 aromatic carbocycles. The molecule has 0 radical (unpaired) electrons. The van der Waals surface area contributed by atoms with Crippen LogP contribution in [0.4, 0.5) is 5.13 Å². The van der Waals surface area contributed by atoms with E-state index in [2.05, 4.69) is 4.98 Å². The van der Waals surface area contributed by atoms with Gasteiger partial charge in [0.05, 0.1) is 38.4 Å². The maximum absolute atomic E-state index is 13.5. The van der Waals surface area contributed by atoms with Crippen LogP contribution in [-0.4, -0.2) is 59.0 Å². The molecule has 0 spiro atoms. The maximum atomic E-state index is 13.5. The highest BCUT2D eigenvalue weighted by molar-refractivity contribution is 7.91. The van der Waals surface area contributed by atoms with Crippen molar-refractivity contribution in [3.8, 4) is 0 Å². The van der Waals surface area contributed by atoms with Crippen LogP contribution in [0.25, 0.3) is 10.2 Å². The summed E-state index contributed by atoms with van der Waals surface area (Å²) in [4.78, 5) is 19.9. The Labute approximate surface area is 197 Å². The van der Waals surface area contributed by atoms with Gasteiger partial charge in [0, 0.05) is 18.4 Å². The molecule has 1 aliphatic rings. The molecule has 0 saturated carbocycles. The van der Waals surface area contributed by atoms with Gasteiger partial charge in [0.2, 0.25) is 0 Å². The molecule has 0 bridgehead atoms. The number of anilines is 1. The van der Waals surface area contributed by atoms with Crippen LogP contribution in [0.15, 0.2) is 52.3 Å². The number of thiazole rings is 1. The number of carbonyl (C=O) groups is 1. The van der Waals surface area contributed by atoms with Crippen LogP contribution < -0.4 is 4.90 Å². The third kappa shape index (κ3) is 5.11. The van der Waals surface area contributed by atoms with E-state index in [1.807, 2.05) is 0 Å². The number of rotatable bonds is 7. The van der Waals surface area contributed by atoms with E-state index < -0.39 is 19.7 Å². The number of fused-ring (bicyclic) bond motifs is 1. The second kappa shape index (κ2) is 9.13. The van der Waals surface area contributed by atoms with E-state index >= 15 is 0 Å². The number of benzene rings is 2. The Morgan fingerprint density at radius 2 is 1.82 bits per heavy atom. The van der Waals surface area contributed by atoms with E-state index in [9.17, 15) is 21.6 Å². The van der Waals surface area contributed by atoms with Crippen molar-refractivity contribution in [1.82, 2.24) is 4.98 Å². The SMILES string of the molecule is CCS(=O)(=O)c1ccc(C(=O)N(CC2CCCO2)c2nc3ccc(S(C)(=O)=O)cc3s2)cc1. The second-order valence-corrected chi connectivity index (χ2v) is 13.2. The predicted octanol–water partition coefficient (Wildman–Crippen LogP) is 3.32. The fourth-order valence-corrected chi connectivity index (χ4v) is 6.22. The summed E-state index contributed by atoms with van der Waals surface area (Å²) >= 11 is 1.23. The molecule has 1 amide bonds. The molecule has 11 heteroatoms. The van der Waals surface area contributed by atoms with Crippen molar-refractivity contribution in [2.24, 2.45) is 0 Å². The molecule has 0 N–H and O–H groups in total. The molecule has 1 atom stereocenters. The molecule has 1 fully saturated rings. The average Bonchev–Trinajstić information content (AvgIpc) is 3.45. The van der Waals surface area contributed by atoms with Gasteiger partial charge in [-0.15, -0.1) is 0 Å². The normalized spacial score (nSPS) is 16.8. The van der Waals surface area contributed by atoms with Gasteiger partial charge in [-0.1, -0.05) is 18.3 Å². The summed E-state index contributed by atoms with van der Waals surface area (Å²) in [6.07, 6.45) is 2.74. The first-order valence-corrected chi connectivity index (χ1v) is 14.8. The van der Waals surface area contributed by atoms with Gasteiger partial charge in [-0.05, 0) is 55.3 Å². The van der Waals surface area contributed by atoms with Gasteiger partial charge in [-0.3, -0.25) is 9.69 Å². The monoisotopic (exact) mass is 508 g/mol. The topological polar surface area (TPSA) is 111 Å². The van der Waals surface area contributed by atoms with Crippen LogP contribution >= 0.6 is 11.3 Å². The lowest BCUT2D eigenvalue weighted by Gasteiger charge is -2.23. The quantitative estimate of drug-likeness (QED) is 0.481. The lowest BCUT2D eigenvalue weighted by atomic mass is 10.2. The minimum atomic E-state index is -3.37. The fourth-order valence-electron chi connectivity index (χ4n) is 3.61. The predicted molar refractivity (Wildman–Crippen MR) is 128 cm³/mol. The van der Waals surface area contributed by atoms with Crippen molar-refractivity contribution in [3.63, 3.8) is 0 Å². The second-order valence-electron chi connectivity index (χ2n) is 7.88. The van der Waals surface area contributed by atoms with E-state index in [1.165, 1.54) is 46.6 Å². The molecule has 3 aromatic rings. The number of ether oxygens (including phenoxy) is 1. The lowest BCUT2D eigenvalue weighted by Crippen LogP contribution is -2.37. The van der Waals surface area contributed by atoms with Gasteiger partial charge in [-0.2, -0.15) is 0 Å². The zero-order valence-electron chi connectivity index (χ0n) is 18.2. The van der Waals surface area contributed by atoms with E-state index in [4.69, 9.17) is 4.74 Å². The first kappa shape index (κ1) is 23.8. The molecule has 4 rings (SSSR count). The fraction of sp³-hybridized carbons (Fsp3) is 0.364. The van der Waals surface area contributed by atoms with E-state index in [-0.39, 0.29) is 27.6 Å². The Bertz CT molecular complexity index is 1390. The molecule has 8 nitrogen and oxygen atoms in total. The number of hydrogen-bond acceptors (Lipinski definition) is 8. The van der Waals surface area contributed by atoms with E-state index in [0.29, 0.717) is 34.1 Å². The molecule has 1 unspecified atom stereocenters. The summed E-state index contributed by atoms with van der Waals surface area (Å²) in [6, 6.07) is 10.6. The third-order valence-electron chi connectivity index (χ3n) is 5.50. The van der Waals surface area contributed by atoms with Crippen molar-refractivity contribution in [3.05, 3.63) is 48.0 Å². The highest BCUT2D eigenvalue weighted by atomic mass is 32.2. The Morgan fingerprint density at radius 3 is 2.42 bits per heavy atom. The minimum Gasteiger partial charge on any atom is -0.376 e. The van der Waals surface area contributed by atoms with Crippen molar-refractivity contribution >= 4 is 52.3 Å². The molecule has 0 aliphatic carbocycles. The van der Waals surface area contributed by atoms with Gasteiger partial charge < -0.3 is 4.74 Å². The molecular formula is C22H24N2O6S3. The third-order valence-corrected chi connectivity index (χ3v) is 9.41. The Kier molecular flexibility index (Phi) is 6.59. The van der Waals surface area contributed by atoms with E-state index in [1.54, 1.807) is 19.1 Å². The molecular weight excluding hydrogens is 484 g/mol. The summed E-state index contributed by atoms with van der Waals surface area (Å²) in [6.45, 7) is 2.50. The smallest absolute Gasteiger partial charge is 0.260 e. The molecule has 2 heterocycles. The number of hydrogen-bond donors (Lipinski definition) is 0. The van der Waals surface area contributed by atoms with Crippen LogP contribution in [0.3, 0.4) is 0 Å². The first-order chi connectivity index (χ1) is 15.6. The van der Waals surface area contributed by atoms with Gasteiger partial charge in [0.1, 0.15) is 0 Å². The molecule has 33 heavy (non-hydrogen) atoms. The zero-order chi connectivity index (χ0) is 23.8. The summed E-state index contributed by atoms with van der Waals surface area (Å²) in [7, 11) is -6.74. The highest BCUT2D eigenvalue weighted by Crippen LogP contribution is 2.32. The van der Waals surface area contributed by atoms with Gasteiger partial charge in [0.15, 0.2) is 24.8 Å². The number of carbonyl (C=O) groups excluding carboxylic acids is 1. The highest BCUT2D eigenvalue weighted by Gasteiger charge is 2.27. The van der Waals surface area contributed by atoms with E-state index in [0.717, 1.165) is 19.1 Å². The number of amides is 1. The van der Waals surface area contributed by atoms with Crippen LogP contribution in [0.2, 0.25) is 0 Å². The minimum absolute atomic E-state index is 0.0212. The first-order valence-electron chi connectivity index (χ1n) is 10.5. The average molecular weight is 509 g/mol. The number of nitrogens with zero attached hydrogens (tertiary/aromatic N) is 2. The van der Waals surface area contributed by atoms with Crippen molar-refractivity contribution < 1.29 is 26.4 Å². The van der Waals surface area contributed by atoms with Gasteiger partial charge >= 0.3 is 0 Å². The zero-order valence-corrected chi connectivity index (χ0v) is 20.7. The summed E-state index contributed by atoms with van der Waals surface area (Å²) < 4.78 is 54.4. The molecule has 1 aromatic heterocycles. The number of sulfone groups is 2.